The molecule has 0 bridgehead atoms. The molecule has 1 aromatic rings. The van der Waals surface area contributed by atoms with E-state index in [2.05, 4.69) is 5.32 Å². The van der Waals surface area contributed by atoms with Crippen molar-refractivity contribution < 1.29 is 19.1 Å². The van der Waals surface area contributed by atoms with E-state index in [9.17, 15) is 14.4 Å². The minimum absolute atomic E-state index is 0.123. The van der Waals surface area contributed by atoms with E-state index in [0.29, 0.717) is 36.7 Å². The lowest BCUT2D eigenvalue weighted by atomic mass is 9.99. The molecule has 1 aromatic heterocycles. The minimum Gasteiger partial charge on any atom is -0.464 e. The lowest BCUT2D eigenvalue weighted by molar-refractivity contribution is -0.128. The maximum absolute atomic E-state index is 12.8. The lowest BCUT2D eigenvalue weighted by Crippen LogP contribution is -2.57. The predicted molar refractivity (Wildman–Crippen MR) is 84.0 cm³/mol. The second kappa shape index (κ2) is 6.85. The average Bonchev–Trinajstić information content (AvgIpc) is 2.89. The lowest BCUT2D eigenvalue weighted by Gasteiger charge is -2.35. The number of rotatable bonds is 4. The molecule has 2 amide bonds. The van der Waals surface area contributed by atoms with Crippen LogP contribution in [0, 0.1) is 5.92 Å². The van der Waals surface area contributed by atoms with Crippen molar-refractivity contribution in [3.05, 3.63) is 23.5 Å². The first-order valence-corrected chi connectivity index (χ1v) is 7.68. The Hall–Kier alpha value is -2.31. The van der Waals surface area contributed by atoms with Crippen LogP contribution in [0.2, 0.25) is 0 Å². The molecule has 1 saturated heterocycles. The third-order valence-electron chi connectivity index (χ3n) is 3.93. The van der Waals surface area contributed by atoms with Crippen LogP contribution < -0.4 is 5.32 Å². The maximum atomic E-state index is 12.8. The summed E-state index contributed by atoms with van der Waals surface area (Å²) in [6, 6.07) is 1.03. The molecule has 126 valence electrons. The highest BCUT2D eigenvalue weighted by Gasteiger charge is 2.34. The van der Waals surface area contributed by atoms with Crippen molar-refractivity contribution in [1.29, 1.82) is 0 Å². The first-order chi connectivity index (χ1) is 10.8. The van der Waals surface area contributed by atoms with E-state index in [1.54, 1.807) is 22.7 Å². The molecule has 0 aliphatic carbocycles. The van der Waals surface area contributed by atoms with Crippen LogP contribution in [0.5, 0.6) is 0 Å². The Bertz CT molecular complexity index is 621. The van der Waals surface area contributed by atoms with Crippen LogP contribution in [0.25, 0.3) is 0 Å². The van der Waals surface area contributed by atoms with Crippen molar-refractivity contribution in [2.75, 3.05) is 20.2 Å². The van der Waals surface area contributed by atoms with Gasteiger partial charge in [-0.3, -0.25) is 9.59 Å². The number of hydrogen-bond acceptors (Lipinski definition) is 4. The van der Waals surface area contributed by atoms with Crippen molar-refractivity contribution in [3.8, 4) is 0 Å². The number of methoxy groups -OCH3 is 1. The highest BCUT2D eigenvalue weighted by molar-refractivity contribution is 6.00. The van der Waals surface area contributed by atoms with E-state index in [1.165, 1.54) is 13.2 Å². The van der Waals surface area contributed by atoms with Gasteiger partial charge in [0.2, 0.25) is 5.91 Å². The van der Waals surface area contributed by atoms with Crippen molar-refractivity contribution in [3.63, 3.8) is 0 Å². The van der Waals surface area contributed by atoms with Gasteiger partial charge in [-0.2, -0.15) is 0 Å². The van der Waals surface area contributed by atoms with Gasteiger partial charge >= 0.3 is 5.97 Å². The van der Waals surface area contributed by atoms with E-state index in [0.717, 1.165) is 0 Å². The fraction of sp³-hybridized carbons (Fsp3) is 0.562. The summed E-state index contributed by atoms with van der Waals surface area (Å²) in [6.45, 7) is 4.94. The number of hydrogen-bond donors (Lipinski definition) is 1. The molecule has 23 heavy (non-hydrogen) atoms. The summed E-state index contributed by atoms with van der Waals surface area (Å²) in [5, 5.41) is 2.81. The fourth-order valence-corrected chi connectivity index (χ4v) is 2.79. The molecule has 2 rings (SSSR count). The van der Waals surface area contributed by atoms with E-state index in [1.807, 2.05) is 13.8 Å². The molecule has 7 heteroatoms. The first kappa shape index (κ1) is 17.1. The highest BCUT2D eigenvalue weighted by Crippen LogP contribution is 2.19. The zero-order valence-corrected chi connectivity index (χ0v) is 14.0. The second-order valence-electron chi connectivity index (χ2n) is 6.15. The smallest absolute Gasteiger partial charge is 0.354 e. The Balaban J connectivity index is 2.27. The van der Waals surface area contributed by atoms with Crippen LogP contribution >= 0.6 is 0 Å². The third-order valence-corrected chi connectivity index (χ3v) is 3.93. The number of nitrogens with zero attached hydrogens (tertiary/aromatic N) is 2. The quantitative estimate of drug-likeness (QED) is 0.832. The standard InChI is InChI=1S/C16H23N3O4/c1-10(2)7-12-14(20)17-5-6-19(12)15(21)11-8-13(16(22)23-4)18(3)9-11/h8-10,12H,5-7H2,1-4H3,(H,17,20)/t12-/m1/s1. The van der Waals surface area contributed by atoms with Gasteiger partial charge in [-0.1, -0.05) is 13.8 Å². The first-order valence-electron chi connectivity index (χ1n) is 7.68. The molecule has 2 heterocycles. The SMILES string of the molecule is COC(=O)c1cc(C(=O)N2CCNC(=O)[C@H]2CC(C)C)cn1C. The van der Waals surface area contributed by atoms with E-state index >= 15 is 0 Å². The molecule has 0 radical (unpaired) electrons. The molecular weight excluding hydrogens is 298 g/mol. The normalized spacial score (nSPS) is 18.0. The van der Waals surface area contributed by atoms with Gasteiger partial charge in [0.05, 0.1) is 12.7 Å². The molecule has 1 aliphatic heterocycles. The number of carbonyl (C=O) groups is 3. The molecule has 0 spiro atoms. The van der Waals surface area contributed by atoms with Gasteiger partial charge in [0.1, 0.15) is 11.7 Å². The Morgan fingerprint density at radius 1 is 1.43 bits per heavy atom. The molecule has 1 atom stereocenters. The van der Waals surface area contributed by atoms with Crippen molar-refractivity contribution >= 4 is 17.8 Å². The zero-order valence-electron chi connectivity index (χ0n) is 14.0. The summed E-state index contributed by atoms with van der Waals surface area (Å²) in [5.41, 5.74) is 0.689. The Kier molecular flexibility index (Phi) is 5.08. The maximum Gasteiger partial charge on any atom is 0.354 e. The Morgan fingerprint density at radius 3 is 2.74 bits per heavy atom. The third kappa shape index (κ3) is 3.55. The van der Waals surface area contributed by atoms with Gasteiger partial charge in [-0.15, -0.1) is 0 Å². The number of aromatic nitrogens is 1. The van der Waals surface area contributed by atoms with Crippen LogP contribution in [0.15, 0.2) is 12.3 Å². The second-order valence-corrected chi connectivity index (χ2v) is 6.15. The number of nitrogens with one attached hydrogen (secondary N) is 1. The van der Waals surface area contributed by atoms with Gasteiger partial charge in [0.25, 0.3) is 5.91 Å². The molecule has 1 N–H and O–H groups in total. The van der Waals surface area contributed by atoms with Crippen LogP contribution in [0.3, 0.4) is 0 Å². The summed E-state index contributed by atoms with van der Waals surface area (Å²) < 4.78 is 6.25. The van der Waals surface area contributed by atoms with Gasteiger partial charge in [-0.25, -0.2) is 4.79 Å². The zero-order chi connectivity index (χ0) is 17.1. The van der Waals surface area contributed by atoms with E-state index in [4.69, 9.17) is 4.74 Å². The monoisotopic (exact) mass is 321 g/mol. The van der Waals surface area contributed by atoms with Crippen LogP contribution in [0.4, 0.5) is 0 Å². The Morgan fingerprint density at radius 2 is 2.13 bits per heavy atom. The highest BCUT2D eigenvalue weighted by atomic mass is 16.5. The van der Waals surface area contributed by atoms with Gasteiger partial charge < -0.3 is 19.5 Å². The number of amides is 2. The van der Waals surface area contributed by atoms with Gasteiger partial charge in [0, 0.05) is 26.3 Å². The molecule has 1 fully saturated rings. The van der Waals surface area contributed by atoms with Crippen LogP contribution in [-0.4, -0.2) is 53.5 Å². The number of aryl methyl sites for hydroxylation is 1. The largest absolute Gasteiger partial charge is 0.464 e. The summed E-state index contributed by atoms with van der Waals surface area (Å²) in [5.74, 6) is -0.569. The van der Waals surface area contributed by atoms with Crippen LogP contribution in [-0.2, 0) is 16.6 Å². The molecule has 1 aliphatic rings. The summed E-state index contributed by atoms with van der Waals surface area (Å²) in [7, 11) is 2.97. The fourth-order valence-electron chi connectivity index (χ4n) is 2.79. The minimum atomic E-state index is -0.498. The molecule has 0 aromatic carbocycles. The van der Waals surface area contributed by atoms with Gasteiger partial charge in [0.15, 0.2) is 0 Å². The molecule has 7 nitrogen and oxygen atoms in total. The number of esters is 1. The molecule has 0 unspecified atom stereocenters. The summed E-state index contributed by atoms with van der Waals surface area (Å²) >= 11 is 0. The van der Waals surface area contributed by atoms with E-state index in [-0.39, 0.29) is 11.8 Å². The number of ether oxygens (including phenoxy) is 1. The van der Waals surface area contributed by atoms with Crippen molar-refractivity contribution in [2.24, 2.45) is 13.0 Å². The predicted octanol–water partition coefficient (Wildman–Crippen LogP) is 0.798. The molecular formula is C16H23N3O4. The molecule has 0 saturated carbocycles. The number of piperazine rings is 1. The Labute approximate surface area is 135 Å². The summed E-state index contributed by atoms with van der Waals surface area (Å²) in [4.78, 5) is 38.2. The van der Waals surface area contributed by atoms with Crippen molar-refractivity contribution in [1.82, 2.24) is 14.8 Å². The average molecular weight is 321 g/mol. The van der Waals surface area contributed by atoms with Crippen LogP contribution in [0.1, 0.15) is 41.1 Å². The summed E-state index contributed by atoms with van der Waals surface area (Å²) in [6.07, 6.45) is 2.20. The number of carbonyl (C=O) groups excluding carboxylic acids is 3. The van der Waals surface area contributed by atoms with Crippen molar-refractivity contribution in [2.45, 2.75) is 26.3 Å². The van der Waals surface area contributed by atoms with E-state index < -0.39 is 12.0 Å². The topological polar surface area (TPSA) is 80.6 Å². The van der Waals surface area contributed by atoms with Gasteiger partial charge in [-0.05, 0) is 18.4 Å².